The Labute approximate surface area is 102 Å². The molecule has 2 aliphatic rings. The van der Waals surface area contributed by atoms with Gasteiger partial charge in [0.2, 0.25) is 0 Å². The molecule has 0 spiro atoms. The molecule has 0 aliphatic carbocycles. The molecule has 17 heavy (non-hydrogen) atoms. The number of pyridine rings is 1. The Morgan fingerprint density at radius 3 is 3.18 bits per heavy atom. The summed E-state index contributed by atoms with van der Waals surface area (Å²) < 4.78 is 5.77. The fourth-order valence-corrected chi connectivity index (χ4v) is 2.71. The number of ether oxygens (including phenoxy) is 1. The number of nitrogens with zero attached hydrogens (tertiary/aromatic N) is 2. The van der Waals surface area contributed by atoms with Crippen molar-refractivity contribution in [3.63, 3.8) is 0 Å². The van der Waals surface area contributed by atoms with E-state index in [0.29, 0.717) is 12.1 Å². The first-order chi connectivity index (χ1) is 8.38. The van der Waals surface area contributed by atoms with Crippen LogP contribution in [-0.2, 0) is 11.2 Å². The molecular weight excluding hydrogens is 214 g/mol. The molecule has 0 bridgehead atoms. The zero-order valence-electron chi connectivity index (χ0n) is 10.2. The van der Waals surface area contributed by atoms with Crippen LogP contribution in [0.5, 0.6) is 0 Å². The summed E-state index contributed by atoms with van der Waals surface area (Å²) in [6.07, 6.45) is 3.34. The normalized spacial score (nSPS) is 28.2. The van der Waals surface area contributed by atoms with Crippen molar-refractivity contribution in [2.45, 2.75) is 25.5 Å². The molecule has 1 N–H and O–H groups in total. The van der Waals surface area contributed by atoms with Gasteiger partial charge in [0.15, 0.2) is 0 Å². The number of nitrogens with one attached hydrogen (secondary N) is 1. The summed E-state index contributed by atoms with van der Waals surface area (Å²) in [4.78, 5) is 6.91. The van der Waals surface area contributed by atoms with Crippen molar-refractivity contribution in [3.05, 3.63) is 24.0 Å². The molecular formula is C13H19N3O. The van der Waals surface area contributed by atoms with Crippen LogP contribution in [0, 0.1) is 0 Å². The van der Waals surface area contributed by atoms with Gasteiger partial charge in [0.1, 0.15) is 0 Å². The molecule has 2 aliphatic heterocycles. The van der Waals surface area contributed by atoms with Crippen molar-refractivity contribution >= 4 is 5.69 Å². The lowest BCUT2D eigenvalue weighted by atomic mass is 10.1. The molecule has 0 radical (unpaired) electrons. The Balaban J connectivity index is 1.81. The van der Waals surface area contributed by atoms with Crippen LogP contribution in [0.4, 0.5) is 5.69 Å². The van der Waals surface area contributed by atoms with Gasteiger partial charge in [-0.25, -0.2) is 0 Å². The van der Waals surface area contributed by atoms with Crippen LogP contribution in [0.2, 0.25) is 0 Å². The first-order valence-corrected chi connectivity index (χ1v) is 6.42. The standard InChI is InChI=1S/C13H19N3O/c1-2-10-3-4-11(7-15-10)16-5-6-17-13-9-14-8-12(13)16/h3-4,7,12-14H,2,5-6,8-9H2,1H3/t12-,13-/m1/s1. The van der Waals surface area contributed by atoms with Gasteiger partial charge < -0.3 is 15.0 Å². The van der Waals surface area contributed by atoms with E-state index in [9.17, 15) is 0 Å². The monoisotopic (exact) mass is 233 g/mol. The van der Waals surface area contributed by atoms with Gasteiger partial charge in [-0.05, 0) is 18.6 Å². The minimum Gasteiger partial charge on any atom is -0.373 e. The number of aryl methyl sites for hydroxylation is 1. The van der Waals surface area contributed by atoms with Crippen LogP contribution in [-0.4, -0.2) is 43.4 Å². The largest absolute Gasteiger partial charge is 0.373 e. The maximum Gasteiger partial charge on any atom is 0.0915 e. The second-order valence-electron chi connectivity index (χ2n) is 4.69. The van der Waals surface area contributed by atoms with Crippen molar-refractivity contribution in [2.75, 3.05) is 31.1 Å². The number of hydrogen-bond donors (Lipinski definition) is 1. The average Bonchev–Trinajstić information content (AvgIpc) is 2.87. The summed E-state index contributed by atoms with van der Waals surface area (Å²) in [5.41, 5.74) is 2.38. The predicted octanol–water partition coefficient (Wildman–Crippen LogP) is 0.821. The van der Waals surface area contributed by atoms with Gasteiger partial charge in [0.25, 0.3) is 0 Å². The smallest absolute Gasteiger partial charge is 0.0915 e. The number of anilines is 1. The van der Waals surface area contributed by atoms with Gasteiger partial charge >= 0.3 is 0 Å². The van der Waals surface area contributed by atoms with Gasteiger partial charge in [-0.3, -0.25) is 4.98 Å². The van der Waals surface area contributed by atoms with Gasteiger partial charge in [-0.2, -0.15) is 0 Å². The van der Waals surface area contributed by atoms with E-state index in [1.54, 1.807) is 0 Å². The zero-order chi connectivity index (χ0) is 11.7. The van der Waals surface area contributed by atoms with Crippen molar-refractivity contribution in [1.29, 1.82) is 0 Å². The molecule has 1 aromatic heterocycles. The first-order valence-electron chi connectivity index (χ1n) is 6.42. The number of hydrogen-bond acceptors (Lipinski definition) is 4. The minimum absolute atomic E-state index is 0.342. The van der Waals surface area contributed by atoms with E-state index in [0.717, 1.165) is 38.4 Å². The van der Waals surface area contributed by atoms with Gasteiger partial charge in [0, 0.05) is 25.3 Å². The predicted molar refractivity (Wildman–Crippen MR) is 67.4 cm³/mol. The molecule has 2 atom stereocenters. The van der Waals surface area contributed by atoms with Gasteiger partial charge in [-0.15, -0.1) is 0 Å². The summed E-state index contributed by atoms with van der Waals surface area (Å²) in [6, 6.07) is 4.78. The first kappa shape index (κ1) is 11.0. The quantitative estimate of drug-likeness (QED) is 0.820. The Kier molecular flexibility index (Phi) is 2.99. The molecule has 92 valence electrons. The number of fused-ring (bicyclic) bond motifs is 1. The third-order valence-corrected chi connectivity index (χ3v) is 3.70. The van der Waals surface area contributed by atoms with Crippen LogP contribution in [0.3, 0.4) is 0 Å². The van der Waals surface area contributed by atoms with E-state index in [4.69, 9.17) is 4.74 Å². The fourth-order valence-electron chi connectivity index (χ4n) is 2.71. The minimum atomic E-state index is 0.342. The number of aromatic nitrogens is 1. The molecule has 4 heteroatoms. The topological polar surface area (TPSA) is 37.4 Å². The van der Waals surface area contributed by atoms with E-state index in [1.165, 1.54) is 5.69 Å². The molecule has 1 aromatic rings. The summed E-state index contributed by atoms with van der Waals surface area (Å²) in [5, 5.41) is 3.40. The highest BCUT2D eigenvalue weighted by molar-refractivity contribution is 5.47. The van der Waals surface area contributed by atoms with Crippen LogP contribution in [0.15, 0.2) is 18.3 Å². The summed E-state index contributed by atoms with van der Waals surface area (Å²) in [5.74, 6) is 0. The van der Waals surface area contributed by atoms with Crippen molar-refractivity contribution in [2.24, 2.45) is 0 Å². The maximum atomic E-state index is 5.77. The fraction of sp³-hybridized carbons (Fsp3) is 0.615. The van der Waals surface area contributed by atoms with Crippen molar-refractivity contribution < 1.29 is 4.74 Å². The Bertz CT molecular complexity index is 379. The van der Waals surface area contributed by atoms with Crippen molar-refractivity contribution in [3.8, 4) is 0 Å². The zero-order valence-corrected chi connectivity index (χ0v) is 10.2. The summed E-state index contributed by atoms with van der Waals surface area (Å²) in [6.45, 7) is 5.91. The van der Waals surface area contributed by atoms with E-state index < -0.39 is 0 Å². The summed E-state index contributed by atoms with van der Waals surface area (Å²) >= 11 is 0. The molecule has 0 aromatic carbocycles. The molecule has 0 unspecified atom stereocenters. The second kappa shape index (κ2) is 4.63. The lowest BCUT2D eigenvalue weighted by Crippen LogP contribution is -2.51. The molecule has 3 rings (SSSR count). The van der Waals surface area contributed by atoms with E-state index in [2.05, 4.69) is 34.3 Å². The van der Waals surface area contributed by atoms with Crippen LogP contribution in [0.1, 0.15) is 12.6 Å². The third kappa shape index (κ3) is 2.03. The Morgan fingerprint density at radius 1 is 1.47 bits per heavy atom. The average molecular weight is 233 g/mol. The Morgan fingerprint density at radius 2 is 2.41 bits per heavy atom. The lowest BCUT2D eigenvalue weighted by Gasteiger charge is -2.38. The molecule has 2 saturated heterocycles. The highest BCUT2D eigenvalue weighted by Gasteiger charge is 2.36. The van der Waals surface area contributed by atoms with Crippen molar-refractivity contribution in [1.82, 2.24) is 10.3 Å². The Hall–Kier alpha value is -1.13. The van der Waals surface area contributed by atoms with E-state index in [-0.39, 0.29) is 0 Å². The van der Waals surface area contributed by atoms with Gasteiger partial charge in [-0.1, -0.05) is 6.92 Å². The van der Waals surface area contributed by atoms with Crippen LogP contribution >= 0.6 is 0 Å². The summed E-state index contributed by atoms with van der Waals surface area (Å²) in [7, 11) is 0. The molecule has 0 amide bonds. The van der Waals surface area contributed by atoms with E-state index >= 15 is 0 Å². The lowest BCUT2D eigenvalue weighted by molar-refractivity contribution is 0.0349. The van der Waals surface area contributed by atoms with Gasteiger partial charge in [0.05, 0.1) is 30.6 Å². The highest BCUT2D eigenvalue weighted by atomic mass is 16.5. The third-order valence-electron chi connectivity index (χ3n) is 3.70. The van der Waals surface area contributed by atoms with E-state index in [1.807, 2.05) is 6.20 Å². The maximum absolute atomic E-state index is 5.77. The number of rotatable bonds is 2. The van der Waals surface area contributed by atoms with Crippen LogP contribution < -0.4 is 10.2 Å². The molecule has 2 fully saturated rings. The van der Waals surface area contributed by atoms with Crippen LogP contribution in [0.25, 0.3) is 0 Å². The number of morpholine rings is 1. The molecule has 0 saturated carbocycles. The second-order valence-corrected chi connectivity index (χ2v) is 4.69. The highest BCUT2D eigenvalue weighted by Crippen LogP contribution is 2.24. The molecule has 4 nitrogen and oxygen atoms in total. The molecule has 3 heterocycles. The SMILES string of the molecule is CCc1ccc(N2CCO[C@@H]3CNC[C@H]32)cn1.